The van der Waals surface area contributed by atoms with Crippen molar-refractivity contribution in [3.8, 4) is 0 Å². The number of hydrogen-bond acceptors (Lipinski definition) is 2. The molecule has 134 valence electrons. The summed E-state index contributed by atoms with van der Waals surface area (Å²) in [5.41, 5.74) is 4.61. The smallest absolute Gasteiger partial charge is 0.252 e. The van der Waals surface area contributed by atoms with E-state index in [1.165, 1.54) is 5.56 Å². The van der Waals surface area contributed by atoms with Crippen molar-refractivity contribution in [1.29, 1.82) is 0 Å². The molecule has 1 unspecified atom stereocenters. The Bertz CT molecular complexity index is 1030. The number of para-hydroxylation sites is 1. The van der Waals surface area contributed by atoms with Gasteiger partial charge in [-0.05, 0) is 62.1 Å². The molecular weight excluding hydrogens is 324 g/mol. The molecule has 0 aliphatic rings. The molecule has 0 saturated carbocycles. The van der Waals surface area contributed by atoms with Gasteiger partial charge in [0.1, 0.15) is 6.04 Å². The molecule has 3 aromatic rings. The lowest BCUT2D eigenvalue weighted by Gasteiger charge is -2.21. The fourth-order valence-electron chi connectivity index (χ4n) is 3.32. The summed E-state index contributed by atoms with van der Waals surface area (Å²) < 4.78 is 1.61. The second-order valence-electron chi connectivity index (χ2n) is 6.77. The summed E-state index contributed by atoms with van der Waals surface area (Å²) in [4.78, 5) is 25.6. The molecular formula is C22H24N2O2. The van der Waals surface area contributed by atoms with Crippen molar-refractivity contribution >= 4 is 22.5 Å². The lowest BCUT2D eigenvalue weighted by Crippen LogP contribution is -2.33. The Morgan fingerprint density at radius 2 is 1.73 bits per heavy atom. The van der Waals surface area contributed by atoms with Crippen LogP contribution in [-0.2, 0) is 4.79 Å². The minimum atomic E-state index is -0.561. The number of amides is 1. The van der Waals surface area contributed by atoms with E-state index in [9.17, 15) is 9.59 Å². The third-order valence-corrected chi connectivity index (χ3v) is 4.94. The topological polar surface area (TPSA) is 51.1 Å². The second-order valence-corrected chi connectivity index (χ2v) is 6.77. The minimum Gasteiger partial charge on any atom is -0.324 e. The van der Waals surface area contributed by atoms with Gasteiger partial charge in [-0.2, -0.15) is 0 Å². The molecule has 1 aromatic heterocycles. The number of hydrogen-bond donors (Lipinski definition) is 1. The Kier molecular flexibility index (Phi) is 4.94. The number of pyridine rings is 1. The van der Waals surface area contributed by atoms with Crippen LogP contribution in [0.15, 0.2) is 53.3 Å². The molecule has 4 nitrogen and oxygen atoms in total. The molecule has 0 aliphatic heterocycles. The summed E-state index contributed by atoms with van der Waals surface area (Å²) in [6.07, 6.45) is 0.531. The highest BCUT2D eigenvalue weighted by Gasteiger charge is 2.22. The molecule has 1 N–H and O–H groups in total. The number of nitrogens with one attached hydrogen (secondary N) is 1. The van der Waals surface area contributed by atoms with Crippen molar-refractivity contribution in [2.75, 3.05) is 5.32 Å². The number of carbonyl (C=O) groups excluding carboxylic acids is 1. The van der Waals surface area contributed by atoms with E-state index in [4.69, 9.17) is 0 Å². The van der Waals surface area contributed by atoms with Crippen LogP contribution in [0.3, 0.4) is 0 Å². The third kappa shape index (κ3) is 3.27. The number of rotatable bonds is 4. The molecule has 1 heterocycles. The predicted octanol–water partition coefficient (Wildman–Crippen LogP) is 4.52. The van der Waals surface area contributed by atoms with Crippen molar-refractivity contribution in [2.24, 2.45) is 0 Å². The second kappa shape index (κ2) is 7.16. The maximum absolute atomic E-state index is 13.0. The van der Waals surface area contributed by atoms with Gasteiger partial charge in [-0.15, -0.1) is 0 Å². The van der Waals surface area contributed by atoms with Gasteiger partial charge in [0.15, 0.2) is 0 Å². The largest absolute Gasteiger partial charge is 0.324 e. The van der Waals surface area contributed by atoms with Gasteiger partial charge in [-0.3, -0.25) is 14.2 Å². The van der Waals surface area contributed by atoms with Crippen LogP contribution < -0.4 is 10.9 Å². The van der Waals surface area contributed by atoms with Gasteiger partial charge < -0.3 is 5.32 Å². The molecule has 0 radical (unpaired) electrons. The number of fused-ring (bicyclic) bond motifs is 1. The van der Waals surface area contributed by atoms with Gasteiger partial charge >= 0.3 is 0 Å². The molecule has 4 heteroatoms. The zero-order valence-corrected chi connectivity index (χ0v) is 15.7. The Morgan fingerprint density at radius 3 is 2.42 bits per heavy atom. The standard InChI is InChI=1S/C22H24N2O2/c1-5-19(22(26)23-17-11-10-14(2)15(3)12-17)24-20-9-7-6-8-18(20)16(4)13-21(24)25/h6-13,19H,5H2,1-4H3,(H,23,26). The quantitative estimate of drug-likeness (QED) is 0.754. The molecule has 1 atom stereocenters. The van der Waals surface area contributed by atoms with Gasteiger partial charge in [-0.1, -0.05) is 31.2 Å². The first-order chi connectivity index (χ1) is 12.4. The average Bonchev–Trinajstić information content (AvgIpc) is 2.61. The molecule has 0 fully saturated rings. The van der Waals surface area contributed by atoms with E-state index in [1.54, 1.807) is 10.6 Å². The number of aromatic nitrogens is 1. The summed E-state index contributed by atoms with van der Waals surface area (Å²) in [7, 11) is 0. The number of aryl methyl sites for hydroxylation is 3. The minimum absolute atomic E-state index is 0.150. The Labute approximate surface area is 153 Å². The molecule has 0 saturated heterocycles. The molecule has 0 bridgehead atoms. The third-order valence-electron chi connectivity index (χ3n) is 4.94. The number of anilines is 1. The average molecular weight is 348 g/mol. The predicted molar refractivity (Wildman–Crippen MR) is 107 cm³/mol. The van der Waals surface area contributed by atoms with Gasteiger partial charge in [0.2, 0.25) is 5.91 Å². The van der Waals surface area contributed by atoms with E-state index in [1.807, 2.05) is 70.2 Å². The van der Waals surface area contributed by atoms with E-state index in [0.717, 1.165) is 27.7 Å². The fourth-order valence-corrected chi connectivity index (χ4v) is 3.32. The summed E-state index contributed by atoms with van der Waals surface area (Å²) in [6.45, 7) is 7.89. The van der Waals surface area contributed by atoms with Gasteiger partial charge in [0, 0.05) is 17.1 Å². The van der Waals surface area contributed by atoms with Crippen LogP contribution in [0.1, 0.15) is 36.1 Å². The van der Waals surface area contributed by atoms with Crippen LogP contribution in [0.25, 0.3) is 10.9 Å². The fraction of sp³-hybridized carbons (Fsp3) is 0.273. The van der Waals surface area contributed by atoms with Crippen LogP contribution in [0, 0.1) is 20.8 Å². The summed E-state index contributed by atoms with van der Waals surface area (Å²) in [6, 6.07) is 14.6. The van der Waals surface area contributed by atoms with Crippen molar-refractivity contribution in [3.05, 3.63) is 75.6 Å². The summed E-state index contributed by atoms with van der Waals surface area (Å²) in [5.74, 6) is -0.174. The zero-order chi connectivity index (χ0) is 18.8. The first-order valence-electron chi connectivity index (χ1n) is 8.91. The van der Waals surface area contributed by atoms with E-state index >= 15 is 0 Å². The summed E-state index contributed by atoms with van der Waals surface area (Å²) in [5, 5.41) is 3.96. The summed E-state index contributed by atoms with van der Waals surface area (Å²) >= 11 is 0. The van der Waals surface area contributed by atoms with Crippen molar-refractivity contribution < 1.29 is 4.79 Å². The van der Waals surface area contributed by atoms with Crippen LogP contribution in [-0.4, -0.2) is 10.5 Å². The highest BCUT2D eigenvalue weighted by molar-refractivity contribution is 5.95. The lowest BCUT2D eigenvalue weighted by molar-refractivity contribution is -0.119. The van der Waals surface area contributed by atoms with Crippen LogP contribution >= 0.6 is 0 Å². The maximum atomic E-state index is 13.0. The number of benzene rings is 2. The molecule has 0 spiro atoms. The zero-order valence-electron chi connectivity index (χ0n) is 15.7. The molecule has 26 heavy (non-hydrogen) atoms. The van der Waals surface area contributed by atoms with E-state index in [2.05, 4.69) is 5.32 Å². The van der Waals surface area contributed by atoms with Crippen LogP contribution in [0.5, 0.6) is 0 Å². The molecule has 1 amide bonds. The van der Waals surface area contributed by atoms with Crippen molar-refractivity contribution in [2.45, 2.75) is 40.2 Å². The Morgan fingerprint density at radius 1 is 1.00 bits per heavy atom. The molecule has 0 aliphatic carbocycles. The van der Waals surface area contributed by atoms with Crippen LogP contribution in [0.2, 0.25) is 0 Å². The molecule has 2 aromatic carbocycles. The van der Waals surface area contributed by atoms with E-state index in [-0.39, 0.29) is 11.5 Å². The van der Waals surface area contributed by atoms with Crippen LogP contribution in [0.4, 0.5) is 5.69 Å². The Balaban J connectivity index is 2.03. The highest BCUT2D eigenvalue weighted by Crippen LogP contribution is 2.23. The number of nitrogens with zero attached hydrogens (tertiary/aromatic N) is 1. The first kappa shape index (κ1) is 17.9. The normalized spacial score (nSPS) is 12.2. The lowest BCUT2D eigenvalue weighted by atomic mass is 10.1. The maximum Gasteiger partial charge on any atom is 0.252 e. The van der Waals surface area contributed by atoms with Crippen molar-refractivity contribution in [3.63, 3.8) is 0 Å². The first-order valence-corrected chi connectivity index (χ1v) is 8.91. The van der Waals surface area contributed by atoms with Gasteiger partial charge in [0.25, 0.3) is 5.56 Å². The van der Waals surface area contributed by atoms with Gasteiger partial charge in [0.05, 0.1) is 5.52 Å². The van der Waals surface area contributed by atoms with Gasteiger partial charge in [-0.25, -0.2) is 0 Å². The Hall–Kier alpha value is -2.88. The SMILES string of the molecule is CCC(C(=O)Nc1ccc(C)c(C)c1)n1c(=O)cc(C)c2ccccc21. The highest BCUT2D eigenvalue weighted by atomic mass is 16.2. The molecule has 3 rings (SSSR count). The van der Waals surface area contributed by atoms with Crippen molar-refractivity contribution in [1.82, 2.24) is 4.57 Å². The van der Waals surface area contributed by atoms with E-state index < -0.39 is 6.04 Å². The number of carbonyl (C=O) groups is 1. The monoisotopic (exact) mass is 348 g/mol. The van der Waals surface area contributed by atoms with E-state index in [0.29, 0.717) is 6.42 Å².